The number of nitro groups is 1. The van der Waals surface area contributed by atoms with Crippen LogP contribution in [0.4, 0.5) is 11.4 Å². The molecule has 2 heterocycles. The zero-order chi connectivity index (χ0) is 17.8. The number of piperazine rings is 1. The summed E-state index contributed by atoms with van der Waals surface area (Å²) >= 11 is 0. The minimum absolute atomic E-state index is 0.0397. The lowest BCUT2D eigenvalue weighted by Gasteiger charge is -2.42. The van der Waals surface area contributed by atoms with E-state index in [1.54, 1.807) is 6.07 Å². The van der Waals surface area contributed by atoms with Gasteiger partial charge in [-0.15, -0.1) is 0 Å². The van der Waals surface area contributed by atoms with Crippen LogP contribution in [0.15, 0.2) is 18.2 Å². The van der Waals surface area contributed by atoms with Gasteiger partial charge in [-0.25, -0.2) is 0 Å². The minimum Gasteiger partial charge on any atom is -0.487 e. The number of nitrogens with zero attached hydrogens (tertiary/aromatic N) is 4. The summed E-state index contributed by atoms with van der Waals surface area (Å²) < 4.78 is 5.47. The smallest absolute Gasteiger partial charge is 0.311 e. The summed E-state index contributed by atoms with van der Waals surface area (Å²) in [5, 5.41) is 11.1. The van der Waals surface area contributed by atoms with Crippen molar-refractivity contribution >= 4 is 11.4 Å². The lowest BCUT2D eigenvalue weighted by Crippen LogP contribution is -2.52. The number of hydrogen-bond donors (Lipinski definition) is 0. The molecule has 1 aromatic carbocycles. The third kappa shape index (κ3) is 4.22. The molecule has 25 heavy (non-hydrogen) atoms. The number of benzene rings is 1. The molecule has 0 aromatic heterocycles. The molecule has 0 atom stereocenters. The second-order valence-electron chi connectivity index (χ2n) is 6.90. The van der Waals surface area contributed by atoms with E-state index < -0.39 is 0 Å². The number of piperidine rings is 1. The number of hydrogen-bond acceptors (Lipinski definition) is 6. The Labute approximate surface area is 149 Å². The normalized spacial score (nSPS) is 20.6. The molecule has 0 radical (unpaired) electrons. The molecule has 0 bridgehead atoms. The number of anilines is 1. The Hall–Kier alpha value is -1.86. The Morgan fingerprint density at radius 1 is 1.16 bits per heavy atom. The van der Waals surface area contributed by atoms with Crippen LogP contribution in [-0.4, -0.2) is 73.7 Å². The van der Waals surface area contributed by atoms with Gasteiger partial charge in [0.05, 0.1) is 11.5 Å². The van der Waals surface area contributed by atoms with Gasteiger partial charge in [-0.05, 0) is 32.9 Å². The highest BCUT2D eigenvalue weighted by atomic mass is 16.6. The van der Waals surface area contributed by atoms with Crippen LogP contribution in [0.1, 0.15) is 19.8 Å². The first kappa shape index (κ1) is 17.9. The zero-order valence-corrected chi connectivity index (χ0v) is 15.2. The minimum atomic E-state index is -0.381. The lowest BCUT2D eigenvalue weighted by atomic mass is 10.0. The predicted molar refractivity (Wildman–Crippen MR) is 98.6 cm³/mol. The van der Waals surface area contributed by atoms with Crippen molar-refractivity contribution in [2.75, 3.05) is 57.8 Å². The molecular weight excluding hydrogens is 320 g/mol. The third-order valence-corrected chi connectivity index (χ3v) is 5.32. The Balaban J connectivity index is 1.62. The maximum absolute atomic E-state index is 11.1. The highest BCUT2D eigenvalue weighted by Gasteiger charge is 2.27. The van der Waals surface area contributed by atoms with Gasteiger partial charge in [0.2, 0.25) is 0 Å². The highest BCUT2D eigenvalue weighted by Crippen LogP contribution is 2.33. The van der Waals surface area contributed by atoms with Crippen LogP contribution in [0, 0.1) is 10.1 Å². The van der Waals surface area contributed by atoms with Crippen molar-refractivity contribution in [2.24, 2.45) is 0 Å². The first-order valence-electron chi connectivity index (χ1n) is 9.17. The Kier molecular flexibility index (Phi) is 5.75. The maximum Gasteiger partial charge on any atom is 0.311 e. The topological polar surface area (TPSA) is 62.1 Å². The van der Waals surface area contributed by atoms with Crippen LogP contribution in [0.2, 0.25) is 0 Å². The Morgan fingerprint density at radius 3 is 2.44 bits per heavy atom. The molecule has 0 N–H and O–H groups in total. The molecule has 0 saturated carbocycles. The van der Waals surface area contributed by atoms with E-state index in [-0.39, 0.29) is 10.6 Å². The lowest BCUT2D eigenvalue weighted by molar-refractivity contribution is -0.385. The molecule has 0 unspecified atom stereocenters. The van der Waals surface area contributed by atoms with E-state index >= 15 is 0 Å². The Bertz CT molecular complexity index is 594. The van der Waals surface area contributed by atoms with E-state index in [0.717, 1.165) is 57.8 Å². The van der Waals surface area contributed by atoms with Crippen molar-refractivity contribution in [3.63, 3.8) is 0 Å². The fourth-order valence-corrected chi connectivity index (χ4v) is 3.80. The van der Waals surface area contributed by atoms with Gasteiger partial charge in [0.1, 0.15) is 0 Å². The van der Waals surface area contributed by atoms with Crippen LogP contribution in [0.3, 0.4) is 0 Å². The van der Waals surface area contributed by atoms with Gasteiger partial charge in [0, 0.05) is 63.1 Å². The molecule has 7 nitrogen and oxygen atoms in total. The Morgan fingerprint density at radius 2 is 1.84 bits per heavy atom. The van der Waals surface area contributed by atoms with Gasteiger partial charge in [0.25, 0.3) is 0 Å². The van der Waals surface area contributed by atoms with Crippen LogP contribution < -0.4 is 9.64 Å². The van der Waals surface area contributed by atoms with E-state index in [9.17, 15) is 10.1 Å². The van der Waals surface area contributed by atoms with Gasteiger partial charge < -0.3 is 14.5 Å². The van der Waals surface area contributed by atoms with Crippen LogP contribution in [0.5, 0.6) is 5.75 Å². The summed E-state index contributed by atoms with van der Waals surface area (Å²) in [6.45, 7) is 8.87. The average Bonchev–Trinajstić information content (AvgIpc) is 2.62. The van der Waals surface area contributed by atoms with Crippen molar-refractivity contribution in [2.45, 2.75) is 25.8 Å². The summed E-state index contributed by atoms with van der Waals surface area (Å²) in [4.78, 5) is 18.1. The largest absolute Gasteiger partial charge is 0.487 e. The molecule has 3 rings (SSSR count). The van der Waals surface area contributed by atoms with Gasteiger partial charge in [0.15, 0.2) is 5.75 Å². The number of nitro benzene ring substituents is 1. The van der Waals surface area contributed by atoms with Crippen molar-refractivity contribution in [3.05, 3.63) is 28.3 Å². The molecular formula is C18H28N4O3. The van der Waals surface area contributed by atoms with Gasteiger partial charge in [-0.1, -0.05) is 0 Å². The second-order valence-corrected chi connectivity index (χ2v) is 6.90. The zero-order valence-electron chi connectivity index (χ0n) is 15.2. The van der Waals surface area contributed by atoms with Gasteiger partial charge in [-0.2, -0.15) is 0 Å². The van der Waals surface area contributed by atoms with Crippen LogP contribution >= 0.6 is 0 Å². The van der Waals surface area contributed by atoms with E-state index in [2.05, 4.69) is 21.7 Å². The highest BCUT2D eigenvalue weighted by molar-refractivity contribution is 5.59. The summed E-state index contributed by atoms with van der Waals surface area (Å²) in [6.07, 6.45) is 2.29. The first-order valence-corrected chi connectivity index (χ1v) is 9.17. The third-order valence-electron chi connectivity index (χ3n) is 5.32. The SMILES string of the molecule is CCOc1cc(N2CCC(N3CCN(C)CC3)CC2)ccc1[N+](=O)[O-]. The number of rotatable bonds is 5. The molecule has 2 saturated heterocycles. The summed E-state index contributed by atoms with van der Waals surface area (Å²) in [7, 11) is 2.19. The van der Waals surface area contributed by atoms with E-state index in [4.69, 9.17) is 4.74 Å². The van der Waals surface area contributed by atoms with E-state index in [1.165, 1.54) is 0 Å². The van der Waals surface area contributed by atoms with Gasteiger partial charge >= 0.3 is 5.69 Å². The molecule has 0 amide bonds. The fourth-order valence-electron chi connectivity index (χ4n) is 3.80. The molecule has 138 valence electrons. The first-order chi connectivity index (χ1) is 12.1. The van der Waals surface area contributed by atoms with Crippen LogP contribution in [0.25, 0.3) is 0 Å². The van der Waals surface area contributed by atoms with E-state index in [1.807, 2.05) is 19.1 Å². The van der Waals surface area contributed by atoms with Gasteiger partial charge in [-0.3, -0.25) is 15.0 Å². The number of likely N-dealkylation sites (N-methyl/N-ethyl adjacent to an activating group) is 1. The molecule has 7 heteroatoms. The standard InChI is InChI=1S/C18H28N4O3/c1-3-25-18-14-16(4-5-17(18)22(23)24)20-8-6-15(7-9-20)21-12-10-19(2)11-13-21/h4-5,14-15H,3,6-13H2,1-2H3. The molecule has 2 aliphatic rings. The van der Waals surface area contributed by atoms with Crippen molar-refractivity contribution in [1.82, 2.24) is 9.80 Å². The monoisotopic (exact) mass is 348 g/mol. The molecule has 0 aliphatic carbocycles. The summed E-state index contributed by atoms with van der Waals surface area (Å²) in [5.41, 5.74) is 1.06. The quantitative estimate of drug-likeness (QED) is 0.601. The molecule has 0 spiro atoms. The van der Waals surface area contributed by atoms with Crippen molar-refractivity contribution < 1.29 is 9.66 Å². The number of ether oxygens (including phenoxy) is 1. The molecule has 2 aliphatic heterocycles. The molecule has 2 fully saturated rings. The second kappa shape index (κ2) is 8.01. The fraction of sp³-hybridized carbons (Fsp3) is 0.667. The van der Waals surface area contributed by atoms with E-state index in [0.29, 0.717) is 18.4 Å². The average molecular weight is 348 g/mol. The summed E-state index contributed by atoms with van der Waals surface area (Å²) in [5.74, 6) is 0.367. The summed E-state index contributed by atoms with van der Waals surface area (Å²) in [6, 6.07) is 5.89. The maximum atomic E-state index is 11.1. The van der Waals surface area contributed by atoms with Crippen LogP contribution in [-0.2, 0) is 0 Å². The molecule has 1 aromatic rings. The predicted octanol–water partition coefficient (Wildman–Crippen LogP) is 2.21. The van der Waals surface area contributed by atoms with Crippen molar-refractivity contribution in [1.29, 1.82) is 0 Å². The van der Waals surface area contributed by atoms with Crippen molar-refractivity contribution in [3.8, 4) is 5.75 Å².